The van der Waals surface area contributed by atoms with Gasteiger partial charge in [0.1, 0.15) is 5.82 Å². The van der Waals surface area contributed by atoms with Crippen molar-refractivity contribution in [1.82, 2.24) is 0 Å². The summed E-state index contributed by atoms with van der Waals surface area (Å²) in [5, 5.41) is 9.97. The molecule has 0 bridgehead atoms. The van der Waals surface area contributed by atoms with E-state index in [1.165, 1.54) is 6.07 Å². The summed E-state index contributed by atoms with van der Waals surface area (Å²) in [6, 6.07) is 5.37. The van der Waals surface area contributed by atoms with Crippen LogP contribution in [0.3, 0.4) is 0 Å². The molecule has 0 radical (unpaired) electrons. The van der Waals surface area contributed by atoms with Crippen LogP contribution in [0, 0.1) is 5.82 Å². The first-order valence-electron chi connectivity index (χ1n) is 6.36. The summed E-state index contributed by atoms with van der Waals surface area (Å²) in [6.45, 7) is 6.85. The summed E-state index contributed by atoms with van der Waals surface area (Å²) in [5.74, 6) is 0.794. The molecular weight excluding hydrogens is 249 g/mol. The van der Waals surface area contributed by atoms with Crippen molar-refractivity contribution in [2.75, 3.05) is 17.2 Å². The molecular formula is C14H20FNOS. The van der Waals surface area contributed by atoms with E-state index in [1.54, 1.807) is 13.0 Å². The van der Waals surface area contributed by atoms with E-state index in [-0.39, 0.29) is 5.82 Å². The number of aliphatic hydroxyl groups is 1. The smallest absolute Gasteiger partial charge is 0.146 e. The molecule has 1 aromatic carbocycles. The van der Waals surface area contributed by atoms with Gasteiger partial charge in [-0.05, 0) is 31.5 Å². The molecule has 3 atom stereocenters. The Morgan fingerprint density at radius 3 is 2.78 bits per heavy atom. The Kier molecular flexibility index (Phi) is 4.17. The summed E-state index contributed by atoms with van der Waals surface area (Å²) in [6.07, 6.45) is -0.623. The summed E-state index contributed by atoms with van der Waals surface area (Å²) in [7, 11) is 0. The molecule has 2 nitrogen and oxygen atoms in total. The van der Waals surface area contributed by atoms with E-state index < -0.39 is 6.10 Å². The van der Waals surface area contributed by atoms with Crippen LogP contribution in [0.4, 0.5) is 10.1 Å². The second-order valence-corrected chi connectivity index (χ2v) is 6.38. The molecule has 1 aromatic rings. The zero-order chi connectivity index (χ0) is 13.3. The van der Waals surface area contributed by atoms with Gasteiger partial charge in [-0.2, -0.15) is 11.8 Å². The maximum Gasteiger partial charge on any atom is 0.146 e. The molecule has 18 heavy (non-hydrogen) atoms. The minimum Gasteiger partial charge on any atom is -0.389 e. The van der Waals surface area contributed by atoms with Crippen molar-refractivity contribution in [2.24, 2.45) is 0 Å². The highest BCUT2D eigenvalue weighted by molar-refractivity contribution is 8.00. The number of hydrogen-bond donors (Lipinski definition) is 1. The average molecular weight is 269 g/mol. The third kappa shape index (κ3) is 2.64. The van der Waals surface area contributed by atoms with Crippen LogP contribution in [0.15, 0.2) is 18.2 Å². The van der Waals surface area contributed by atoms with E-state index in [0.717, 1.165) is 12.3 Å². The molecule has 1 aliphatic rings. The lowest BCUT2D eigenvalue weighted by molar-refractivity contribution is 0.199. The number of hydrogen-bond acceptors (Lipinski definition) is 3. The topological polar surface area (TPSA) is 23.5 Å². The molecule has 3 unspecified atom stereocenters. The summed E-state index contributed by atoms with van der Waals surface area (Å²) in [5.41, 5.74) is 1.28. The Labute approximate surface area is 112 Å². The van der Waals surface area contributed by atoms with E-state index in [9.17, 15) is 9.50 Å². The zero-order valence-corrected chi connectivity index (χ0v) is 11.9. The summed E-state index contributed by atoms with van der Waals surface area (Å²) >= 11 is 1.93. The fourth-order valence-electron chi connectivity index (χ4n) is 2.29. The maximum atomic E-state index is 14.1. The highest BCUT2D eigenvalue weighted by Gasteiger charge is 2.27. The third-order valence-corrected chi connectivity index (χ3v) is 4.99. The number of benzene rings is 1. The first kappa shape index (κ1) is 13.7. The Morgan fingerprint density at radius 2 is 2.17 bits per heavy atom. The quantitative estimate of drug-likeness (QED) is 0.892. The standard InChI is InChI=1S/C14H20FNOS/c1-9-11(3)18-7-6-16(9)14-5-4-12(10(2)17)8-13(14)15/h4-5,8-11,17H,6-7H2,1-3H3. The van der Waals surface area contributed by atoms with Crippen LogP contribution >= 0.6 is 11.8 Å². The van der Waals surface area contributed by atoms with Crippen LogP contribution in [0.5, 0.6) is 0 Å². The lowest BCUT2D eigenvalue weighted by atomic mass is 10.1. The van der Waals surface area contributed by atoms with Gasteiger partial charge in [0.2, 0.25) is 0 Å². The fraction of sp³-hybridized carbons (Fsp3) is 0.571. The highest BCUT2D eigenvalue weighted by atomic mass is 32.2. The predicted octanol–water partition coefficient (Wildman–Crippen LogP) is 3.21. The SMILES string of the molecule is CC(O)c1ccc(N2CCSC(C)C2C)c(F)c1. The molecule has 0 aromatic heterocycles. The van der Waals surface area contributed by atoms with E-state index >= 15 is 0 Å². The molecule has 1 saturated heterocycles. The Morgan fingerprint density at radius 1 is 1.44 bits per heavy atom. The van der Waals surface area contributed by atoms with Gasteiger partial charge in [0.15, 0.2) is 0 Å². The second-order valence-electron chi connectivity index (χ2n) is 4.90. The van der Waals surface area contributed by atoms with Crippen molar-refractivity contribution >= 4 is 17.4 Å². The number of thioether (sulfide) groups is 1. The third-order valence-electron chi connectivity index (χ3n) is 3.65. The largest absolute Gasteiger partial charge is 0.389 e. The lowest BCUT2D eigenvalue weighted by Gasteiger charge is -2.39. The normalized spacial score (nSPS) is 26.2. The molecule has 1 aliphatic heterocycles. The van der Waals surface area contributed by atoms with Crippen LogP contribution in [-0.2, 0) is 0 Å². The van der Waals surface area contributed by atoms with Crippen molar-refractivity contribution in [1.29, 1.82) is 0 Å². The predicted molar refractivity (Wildman–Crippen MR) is 75.8 cm³/mol. The van der Waals surface area contributed by atoms with Gasteiger partial charge in [-0.1, -0.05) is 13.0 Å². The molecule has 1 N–H and O–H groups in total. The monoisotopic (exact) mass is 269 g/mol. The Balaban J connectivity index is 2.27. The molecule has 0 aliphatic carbocycles. The van der Waals surface area contributed by atoms with Crippen molar-refractivity contribution < 1.29 is 9.50 Å². The summed E-state index contributed by atoms with van der Waals surface area (Å²) < 4.78 is 14.1. The van der Waals surface area contributed by atoms with Gasteiger partial charge in [0, 0.05) is 23.6 Å². The number of halogens is 1. The molecule has 100 valence electrons. The zero-order valence-electron chi connectivity index (χ0n) is 11.1. The average Bonchev–Trinajstić information content (AvgIpc) is 2.33. The van der Waals surface area contributed by atoms with Gasteiger partial charge < -0.3 is 10.0 Å². The van der Waals surface area contributed by atoms with E-state index in [1.807, 2.05) is 17.8 Å². The minimum absolute atomic E-state index is 0.237. The molecule has 0 saturated carbocycles. The highest BCUT2D eigenvalue weighted by Crippen LogP contribution is 2.31. The van der Waals surface area contributed by atoms with E-state index in [0.29, 0.717) is 22.5 Å². The first-order chi connectivity index (χ1) is 8.50. The van der Waals surface area contributed by atoms with Crippen LogP contribution in [0.25, 0.3) is 0 Å². The van der Waals surface area contributed by atoms with Crippen molar-refractivity contribution in [2.45, 2.75) is 38.2 Å². The second kappa shape index (κ2) is 5.49. The van der Waals surface area contributed by atoms with E-state index in [2.05, 4.69) is 18.7 Å². The fourth-order valence-corrected chi connectivity index (χ4v) is 3.39. The minimum atomic E-state index is -0.623. The van der Waals surface area contributed by atoms with Gasteiger partial charge in [0.25, 0.3) is 0 Å². The Hall–Kier alpha value is -0.740. The number of anilines is 1. The first-order valence-corrected chi connectivity index (χ1v) is 7.41. The maximum absolute atomic E-state index is 14.1. The van der Waals surface area contributed by atoms with Gasteiger partial charge >= 0.3 is 0 Å². The Bertz CT molecular complexity index is 424. The number of rotatable bonds is 2. The summed E-state index contributed by atoms with van der Waals surface area (Å²) in [4.78, 5) is 2.13. The number of aliphatic hydroxyl groups excluding tert-OH is 1. The molecule has 2 rings (SSSR count). The van der Waals surface area contributed by atoms with Crippen LogP contribution in [0.1, 0.15) is 32.4 Å². The van der Waals surface area contributed by atoms with Crippen molar-refractivity contribution in [3.05, 3.63) is 29.6 Å². The van der Waals surface area contributed by atoms with Gasteiger partial charge in [-0.15, -0.1) is 0 Å². The molecule has 4 heteroatoms. The van der Waals surface area contributed by atoms with Gasteiger partial charge in [-0.3, -0.25) is 0 Å². The lowest BCUT2D eigenvalue weighted by Crippen LogP contribution is -2.45. The van der Waals surface area contributed by atoms with Crippen molar-refractivity contribution in [3.63, 3.8) is 0 Å². The molecule has 1 heterocycles. The van der Waals surface area contributed by atoms with Crippen LogP contribution in [0.2, 0.25) is 0 Å². The van der Waals surface area contributed by atoms with Crippen molar-refractivity contribution in [3.8, 4) is 0 Å². The van der Waals surface area contributed by atoms with E-state index in [4.69, 9.17) is 0 Å². The van der Waals surface area contributed by atoms with Gasteiger partial charge in [0.05, 0.1) is 11.8 Å². The molecule has 0 spiro atoms. The molecule has 1 fully saturated rings. The van der Waals surface area contributed by atoms with Crippen LogP contribution < -0.4 is 4.90 Å². The number of nitrogens with zero attached hydrogens (tertiary/aromatic N) is 1. The van der Waals surface area contributed by atoms with Crippen LogP contribution in [-0.4, -0.2) is 28.7 Å². The van der Waals surface area contributed by atoms with Gasteiger partial charge in [-0.25, -0.2) is 4.39 Å². The molecule has 0 amide bonds.